The van der Waals surface area contributed by atoms with Gasteiger partial charge in [-0.2, -0.15) is 11.8 Å². The van der Waals surface area contributed by atoms with Crippen molar-refractivity contribution in [3.8, 4) is 0 Å². The minimum Gasteiger partial charge on any atom is -0.469 e. The molecule has 0 aliphatic rings. The Morgan fingerprint density at radius 3 is 2.62 bits per heavy atom. The summed E-state index contributed by atoms with van der Waals surface area (Å²) in [6, 6.07) is 0. The number of hydrogen-bond acceptors (Lipinski definition) is 4. The van der Waals surface area contributed by atoms with Gasteiger partial charge in [0, 0.05) is 18.8 Å². The molecular weight excluding hydrogens is 186 g/mol. The first-order valence-corrected chi connectivity index (χ1v) is 5.72. The molecule has 0 rings (SSSR count). The fourth-order valence-corrected chi connectivity index (χ4v) is 1.27. The zero-order valence-corrected chi connectivity index (χ0v) is 9.66. The first kappa shape index (κ1) is 12.8. The largest absolute Gasteiger partial charge is 0.469 e. The van der Waals surface area contributed by atoms with Crippen LogP contribution in [0.25, 0.3) is 0 Å². The third kappa shape index (κ3) is 5.16. The van der Waals surface area contributed by atoms with Crippen LogP contribution < -0.4 is 5.32 Å². The first-order chi connectivity index (χ1) is 6.04. The molecule has 13 heavy (non-hydrogen) atoms. The average Bonchev–Trinajstić information content (AvgIpc) is 2.11. The summed E-state index contributed by atoms with van der Waals surface area (Å²) in [7, 11) is 1.42. The third-order valence-electron chi connectivity index (χ3n) is 1.79. The number of carbonyl (C=O) groups excluding carboxylic acids is 1. The molecule has 0 aliphatic carbocycles. The molecule has 0 spiro atoms. The maximum Gasteiger partial charge on any atom is 0.312 e. The molecule has 0 unspecified atom stereocenters. The van der Waals surface area contributed by atoms with Crippen molar-refractivity contribution in [1.29, 1.82) is 0 Å². The van der Waals surface area contributed by atoms with Crippen LogP contribution in [0.4, 0.5) is 0 Å². The smallest absolute Gasteiger partial charge is 0.312 e. The molecule has 0 saturated heterocycles. The van der Waals surface area contributed by atoms with E-state index in [1.165, 1.54) is 7.11 Å². The van der Waals surface area contributed by atoms with Gasteiger partial charge >= 0.3 is 5.97 Å². The lowest BCUT2D eigenvalue weighted by atomic mass is 9.94. The molecule has 0 heterocycles. The van der Waals surface area contributed by atoms with E-state index in [1.54, 1.807) is 11.8 Å². The number of esters is 1. The van der Waals surface area contributed by atoms with E-state index in [2.05, 4.69) is 16.3 Å². The normalized spacial score (nSPS) is 11.4. The number of thioether (sulfide) groups is 1. The minimum absolute atomic E-state index is 0.163. The van der Waals surface area contributed by atoms with Crippen molar-refractivity contribution in [2.75, 3.05) is 32.2 Å². The zero-order chi connectivity index (χ0) is 10.3. The predicted molar refractivity (Wildman–Crippen MR) is 57.0 cm³/mol. The molecule has 78 valence electrons. The van der Waals surface area contributed by atoms with Crippen molar-refractivity contribution in [2.45, 2.75) is 13.8 Å². The lowest BCUT2D eigenvalue weighted by Crippen LogP contribution is -2.37. The number of hydrogen-bond donors (Lipinski definition) is 1. The second-order valence-corrected chi connectivity index (χ2v) is 4.53. The number of nitrogens with one attached hydrogen (secondary N) is 1. The molecule has 0 fully saturated rings. The second kappa shape index (κ2) is 6.27. The van der Waals surface area contributed by atoms with Crippen molar-refractivity contribution in [2.24, 2.45) is 5.41 Å². The van der Waals surface area contributed by atoms with Crippen LogP contribution in [0.15, 0.2) is 0 Å². The van der Waals surface area contributed by atoms with E-state index < -0.39 is 5.41 Å². The summed E-state index contributed by atoms with van der Waals surface area (Å²) in [5.41, 5.74) is -0.423. The maximum absolute atomic E-state index is 11.2. The molecule has 0 aromatic heterocycles. The molecule has 3 nitrogen and oxygen atoms in total. The molecule has 0 aliphatic heterocycles. The van der Waals surface area contributed by atoms with Crippen molar-refractivity contribution < 1.29 is 9.53 Å². The quantitative estimate of drug-likeness (QED) is 0.521. The Morgan fingerprint density at radius 1 is 1.54 bits per heavy atom. The summed E-state index contributed by atoms with van der Waals surface area (Å²) in [6.07, 6.45) is 2.06. The molecule has 0 aromatic rings. The number of ether oxygens (including phenoxy) is 1. The van der Waals surface area contributed by atoms with Gasteiger partial charge in [0.25, 0.3) is 0 Å². The van der Waals surface area contributed by atoms with Gasteiger partial charge in [-0.1, -0.05) is 0 Å². The van der Waals surface area contributed by atoms with Crippen LogP contribution in [0.5, 0.6) is 0 Å². The molecule has 1 N–H and O–H groups in total. The Bertz CT molecular complexity index is 160. The van der Waals surface area contributed by atoms with Gasteiger partial charge in [-0.15, -0.1) is 0 Å². The molecule has 0 atom stereocenters. The van der Waals surface area contributed by atoms with Gasteiger partial charge < -0.3 is 10.1 Å². The Labute approximate surface area is 84.6 Å². The van der Waals surface area contributed by atoms with Gasteiger partial charge in [-0.3, -0.25) is 4.79 Å². The standard InChI is InChI=1S/C9H19NO2S/c1-9(2,8(11)12-3)7-10-5-6-13-4/h10H,5-7H2,1-4H3. The van der Waals surface area contributed by atoms with E-state index >= 15 is 0 Å². The Balaban J connectivity index is 3.69. The summed E-state index contributed by atoms with van der Waals surface area (Å²) in [5.74, 6) is 0.904. The van der Waals surface area contributed by atoms with Crippen molar-refractivity contribution in [3.05, 3.63) is 0 Å². The highest BCUT2D eigenvalue weighted by atomic mass is 32.2. The highest BCUT2D eigenvalue weighted by Crippen LogP contribution is 2.14. The SMILES string of the molecule is COC(=O)C(C)(C)CNCCSC. The molecule has 0 aromatic carbocycles. The molecule has 4 heteroatoms. The minimum atomic E-state index is -0.423. The Hall–Kier alpha value is -0.220. The van der Waals surface area contributed by atoms with Crippen molar-refractivity contribution >= 4 is 17.7 Å². The van der Waals surface area contributed by atoms with Crippen LogP contribution in [0.2, 0.25) is 0 Å². The van der Waals surface area contributed by atoms with Gasteiger partial charge in [0.2, 0.25) is 0 Å². The highest BCUT2D eigenvalue weighted by Gasteiger charge is 2.27. The van der Waals surface area contributed by atoms with Crippen LogP contribution in [-0.2, 0) is 9.53 Å². The molecule has 0 saturated carbocycles. The second-order valence-electron chi connectivity index (χ2n) is 3.55. The lowest BCUT2D eigenvalue weighted by Gasteiger charge is -2.21. The molecular formula is C9H19NO2S. The van der Waals surface area contributed by atoms with Crippen LogP contribution in [0, 0.1) is 5.41 Å². The maximum atomic E-state index is 11.2. The van der Waals surface area contributed by atoms with Gasteiger partial charge in [-0.25, -0.2) is 0 Å². The zero-order valence-electron chi connectivity index (χ0n) is 8.85. The molecule has 0 bridgehead atoms. The fourth-order valence-electron chi connectivity index (χ4n) is 0.924. The van der Waals surface area contributed by atoms with E-state index in [1.807, 2.05) is 13.8 Å². The highest BCUT2D eigenvalue weighted by molar-refractivity contribution is 7.98. The van der Waals surface area contributed by atoms with Gasteiger partial charge in [0.15, 0.2) is 0 Å². The summed E-state index contributed by atoms with van der Waals surface area (Å²) in [6.45, 7) is 5.36. The van der Waals surface area contributed by atoms with E-state index in [9.17, 15) is 4.79 Å². The number of methoxy groups -OCH3 is 1. The summed E-state index contributed by atoms with van der Waals surface area (Å²) in [5, 5.41) is 3.22. The first-order valence-electron chi connectivity index (χ1n) is 4.32. The Kier molecular flexibility index (Phi) is 6.16. The third-order valence-corrected chi connectivity index (χ3v) is 2.40. The fraction of sp³-hybridized carbons (Fsp3) is 0.889. The summed E-state index contributed by atoms with van der Waals surface area (Å²) < 4.78 is 4.69. The number of carbonyl (C=O) groups is 1. The van der Waals surface area contributed by atoms with Crippen LogP contribution in [-0.4, -0.2) is 38.2 Å². The predicted octanol–water partition coefficient (Wildman–Crippen LogP) is 1.14. The topological polar surface area (TPSA) is 38.3 Å². The molecule has 0 radical (unpaired) electrons. The van der Waals surface area contributed by atoms with E-state index in [0.29, 0.717) is 6.54 Å². The van der Waals surface area contributed by atoms with Crippen molar-refractivity contribution in [3.63, 3.8) is 0 Å². The lowest BCUT2D eigenvalue weighted by molar-refractivity contribution is -0.150. The van der Waals surface area contributed by atoms with Gasteiger partial charge in [-0.05, 0) is 20.1 Å². The van der Waals surface area contributed by atoms with E-state index in [4.69, 9.17) is 0 Å². The van der Waals surface area contributed by atoms with Gasteiger partial charge in [0.05, 0.1) is 12.5 Å². The van der Waals surface area contributed by atoms with Gasteiger partial charge in [0.1, 0.15) is 0 Å². The summed E-state index contributed by atoms with van der Waals surface area (Å²) >= 11 is 1.79. The van der Waals surface area contributed by atoms with E-state index in [-0.39, 0.29) is 5.97 Å². The molecule has 0 amide bonds. The number of rotatable bonds is 6. The van der Waals surface area contributed by atoms with E-state index in [0.717, 1.165) is 12.3 Å². The van der Waals surface area contributed by atoms with Crippen LogP contribution >= 0.6 is 11.8 Å². The van der Waals surface area contributed by atoms with Crippen LogP contribution in [0.1, 0.15) is 13.8 Å². The summed E-state index contributed by atoms with van der Waals surface area (Å²) in [4.78, 5) is 11.2. The Morgan fingerprint density at radius 2 is 2.15 bits per heavy atom. The average molecular weight is 205 g/mol. The van der Waals surface area contributed by atoms with Crippen molar-refractivity contribution in [1.82, 2.24) is 5.32 Å². The van der Waals surface area contributed by atoms with Crippen LogP contribution in [0.3, 0.4) is 0 Å². The monoisotopic (exact) mass is 205 g/mol.